The van der Waals surface area contributed by atoms with Crippen LogP contribution in [0.15, 0.2) is 18.2 Å². The van der Waals surface area contributed by atoms with Crippen molar-refractivity contribution in [3.8, 4) is 5.75 Å². The van der Waals surface area contributed by atoms with Crippen molar-refractivity contribution in [1.82, 2.24) is 0 Å². The summed E-state index contributed by atoms with van der Waals surface area (Å²) in [6.07, 6.45) is 0.732. The van der Waals surface area contributed by atoms with Gasteiger partial charge < -0.3 is 15.6 Å². The van der Waals surface area contributed by atoms with E-state index in [2.05, 4.69) is 0 Å². The molecule has 0 saturated heterocycles. The molecule has 0 unspecified atom stereocenters. The zero-order valence-electron chi connectivity index (χ0n) is 7.56. The Bertz CT molecular complexity index is 376. The fraction of sp³-hybridized carbons (Fsp3) is 0.300. The number of carboxylic acids is 1. The second-order valence-electron chi connectivity index (χ2n) is 3.30. The summed E-state index contributed by atoms with van der Waals surface area (Å²) in [6.45, 7) is 0.598. The van der Waals surface area contributed by atoms with Gasteiger partial charge in [-0.3, -0.25) is 0 Å². The minimum atomic E-state index is -0.939. The van der Waals surface area contributed by atoms with Crippen molar-refractivity contribution in [2.45, 2.75) is 12.5 Å². The Hall–Kier alpha value is -1.55. The standard InChI is InChI=1S/C10H11NO3/c11-8-3-4-14-9-2-1-6(10(12)13)5-7(8)9/h1-2,5,8H,3-4,11H2,(H,12,13)/t8-/m1/s1. The smallest absolute Gasteiger partial charge is 0.335 e. The molecular formula is C10H11NO3. The van der Waals surface area contributed by atoms with Crippen LogP contribution in [0, 0.1) is 0 Å². The lowest BCUT2D eigenvalue weighted by molar-refractivity contribution is 0.0696. The predicted octanol–water partition coefficient (Wildman–Crippen LogP) is 1.17. The second kappa shape index (κ2) is 3.31. The van der Waals surface area contributed by atoms with E-state index in [1.807, 2.05) is 0 Å². The summed E-state index contributed by atoms with van der Waals surface area (Å²) in [5.41, 5.74) is 6.88. The lowest BCUT2D eigenvalue weighted by Gasteiger charge is -2.22. The Morgan fingerprint density at radius 3 is 3.07 bits per heavy atom. The van der Waals surface area contributed by atoms with Gasteiger partial charge in [-0.2, -0.15) is 0 Å². The molecule has 14 heavy (non-hydrogen) atoms. The molecule has 1 aliphatic heterocycles. The molecule has 4 heteroatoms. The highest BCUT2D eigenvalue weighted by molar-refractivity contribution is 5.88. The first-order valence-corrected chi connectivity index (χ1v) is 4.44. The van der Waals surface area contributed by atoms with Crippen molar-refractivity contribution in [1.29, 1.82) is 0 Å². The number of hydrogen-bond acceptors (Lipinski definition) is 3. The van der Waals surface area contributed by atoms with Gasteiger partial charge >= 0.3 is 5.97 Å². The summed E-state index contributed by atoms with van der Waals surface area (Å²) in [7, 11) is 0. The van der Waals surface area contributed by atoms with Gasteiger partial charge in [0.05, 0.1) is 12.2 Å². The molecule has 0 aliphatic carbocycles. The van der Waals surface area contributed by atoms with Crippen molar-refractivity contribution in [3.63, 3.8) is 0 Å². The molecule has 1 aliphatic rings. The maximum absolute atomic E-state index is 10.7. The van der Waals surface area contributed by atoms with Gasteiger partial charge in [-0.25, -0.2) is 4.79 Å². The number of nitrogens with two attached hydrogens (primary N) is 1. The first-order chi connectivity index (χ1) is 6.68. The normalized spacial score (nSPS) is 19.6. The first-order valence-electron chi connectivity index (χ1n) is 4.44. The Morgan fingerprint density at radius 2 is 2.36 bits per heavy atom. The van der Waals surface area contributed by atoms with Crippen LogP contribution in [0.1, 0.15) is 28.4 Å². The Morgan fingerprint density at radius 1 is 1.57 bits per heavy atom. The van der Waals surface area contributed by atoms with E-state index in [9.17, 15) is 4.79 Å². The highest BCUT2D eigenvalue weighted by Crippen LogP contribution is 2.30. The summed E-state index contributed by atoms with van der Waals surface area (Å²) < 4.78 is 5.36. The summed E-state index contributed by atoms with van der Waals surface area (Å²) in [5, 5.41) is 8.79. The molecular weight excluding hydrogens is 182 g/mol. The predicted molar refractivity (Wildman–Crippen MR) is 50.4 cm³/mol. The van der Waals surface area contributed by atoms with Crippen LogP contribution in [0.4, 0.5) is 0 Å². The average Bonchev–Trinajstić information content (AvgIpc) is 2.18. The molecule has 0 bridgehead atoms. The fourth-order valence-electron chi connectivity index (χ4n) is 1.55. The van der Waals surface area contributed by atoms with Crippen LogP contribution >= 0.6 is 0 Å². The minimum Gasteiger partial charge on any atom is -0.493 e. The lowest BCUT2D eigenvalue weighted by Crippen LogP contribution is -2.21. The number of ether oxygens (including phenoxy) is 1. The maximum Gasteiger partial charge on any atom is 0.335 e. The summed E-state index contributed by atoms with van der Waals surface area (Å²) in [5.74, 6) is -0.237. The molecule has 1 atom stereocenters. The third-order valence-corrected chi connectivity index (χ3v) is 2.34. The zero-order chi connectivity index (χ0) is 10.1. The number of aromatic carboxylic acids is 1. The molecule has 1 heterocycles. The van der Waals surface area contributed by atoms with Gasteiger partial charge in [0.2, 0.25) is 0 Å². The van der Waals surface area contributed by atoms with Crippen molar-refractivity contribution in [3.05, 3.63) is 29.3 Å². The summed E-state index contributed by atoms with van der Waals surface area (Å²) in [4.78, 5) is 10.7. The second-order valence-corrected chi connectivity index (χ2v) is 3.30. The highest BCUT2D eigenvalue weighted by Gasteiger charge is 2.19. The molecule has 1 aromatic rings. The molecule has 0 fully saturated rings. The van der Waals surface area contributed by atoms with E-state index in [1.165, 1.54) is 6.07 Å². The Labute approximate surface area is 81.3 Å². The van der Waals surface area contributed by atoms with Gasteiger partial charge in [-0.05, 0) is 18.2 Å². The number of rotatable bonds is 1. The molecule has 0 saturated carbocycles. The van der Waals surface area contributed by atoms with Crippen LogP contribution in [0.2, 0.25) is 0 Å². The number of carboxylic acid groups (broad SMARTS) is 1. The molecule has 74 valence electrons. The van der Waals surface area contributed by atoms with E-state index in [0.717, 1.165) is 12.0 Å². The van der Waals surface area contributed by atoms with Gasteiger partial charge in [-0.15, -0.1) is 0 Å². The molecule has 0 spiro atoms. The van der Waals surface area contributed by atoms with Crippen molar-refractivity contribution in [2.24, 2.45) is 5.73 Å². The average molecular weight is 193 g/mol. The molecule has 0 radical (unpaired) electrons. The number of fused-ring (bicyclic) bond motifs is 1. The Balaban J connectivity index is 2.45. The van der Waals surface area contributed by atoms with Crippen molar-refractivity contribution < 1.29 is 14.6 Å². The topological polar surface area (TPSA) is 72.5 Å². The molecule has 3 N–H and O–H groups in total. The van der Waals surface area contributed by atoms with Gasteiger partial charge in [0.15, 0.2) is 0 Å². The SMILES string of the molecule is N[C@@H]1CCOc2ccc(C(=O)O)cc21. The molecule has 4 nitrogen and oxygen atoms in total. The number of carbonyl (C=O) groups is 1. The number of hydrogen-bond donors (Lipinski definition) is 2. The summed E-state index contributed by atoms with van der Waals surface area (Å²) >= 11 is 0. The Kier molecular flexibility index (Phi) is 2.13. The van der Waals surface area contributed by atoms with Gasteiger partial charge in [-0.1, -0.05) is 0 Å². The third kappa shape index (κ3) is 1.44. The van der Waals surface area contributed by atoms with Crippen LogP contribution < -0.4 is 10.5 Å². The van der Waals surface area contributed by atoms with Gasteiger partial charge in [0, 0.05) is 18.0 Å². The van der Waals surface area contributed by atoms with E-state index in [0.29, 0.717) is 12.4 Å². The highest BCUT2D eigenvalue weighted by atomic mass is 16.5. The molecule has 0 aromatic heterocycles. The van der Waals surface area contributed by atoms with Crippen molar-refractivity contribution >= 4 is 5.97 Å². The molecule has 1 aromatic carbocycles. The monoisotopic (exact) mass is 193 g/mol. The van der Waals surface area contributed by atoms with Crippen LogP contribution in [-0.2, 0) is 0 Å². The van der Waals surface area contributed by atoms with Gasteiger partial charge in [0.1, 0.15) is 5.75 Å². The largest absolute Gasteiger partial charge is 0.493 e. The molecule has 0 amide bonds. The molecule has 2 rings (SSSR count). The number of benzene rings is 1. The third-order valence-electron chi connectivity index (χ3n) is 2.34. The van der Waals surface area contributed by atoms with Crippen LogP contribution in [0.3, 0.4) is 0 Å². The van der Waals surface area contributed by atoms with Gasteiger partial charge in [0.25, 0.3) is 0 Å². The van der Waals surface area contributed by atoms with Crippen LogP contribution in [0.25, 0.3) is 0 Å². The zero-order valence-corrected chi connectivity index (χ0v) is 7.56. The maximum atomic E-state index is 10.7. The van der Waals surface area contributed by atoms with Crippen LogP contribution in [0.5, 0.6) is 5.75 Å². The minimum absolute atomic E-state index is 0.113. The fourth-order valence-corrected chi connectivity index (χ4v) is 1.55. The first kappa shape index (κ1) is 9.02. The van der Waals surface area contributed by atoms with Crippen molar-refractivity contribution in [2.75, 3.05) is 6.61 Å². The van der Waals surface area contributed by atoms with E-state index >= 15 is 0 Å². The van der Waals surface area contributed by atoms with E-state index in [-0.39, 0.29) is 11.6 Å². The van der Waals surface area contributed by atoms with Crippen LogP contribution in [-0.4, -0.2) is 17.7 Å². The quantitative estimate of drug-likeness (QED) is 0.702. The van der Waals surface area contributed by atoms with E-state index < -0.39 is 5.97 Å². The van der Waals surface area contributed by atoms with E-state index in [1.54, 1.807) is 12.1 Å². The lowest BCUT2D eigenvalue weighted by atomic mass is 9.99. The summed E-state index contributed by atoms with van der Waals surface area (Å²) in [6, 6.07) is 4.66. The van der Waals surface area contributed by atoms with E-state index in [4.69, 9.17) is 15.6 Å².